The van der Waals surface area contributed by atoms with Gasteiger partial charge in [-0.1, -0.05) is 6.42 Å². The number of nitrogens with two attached hydrogens (primary N) is 1. The zero-order valence-electron chi connectivity index (χ0n) is 11.6. The van der Waals surface area contributed by atoms with Gasteiger partial charge in [0.1, 0.15) is 6.04 Å². The van der Waals surface area contributed by atoms with Gasteiger partial charge < -0.3 is 15.2 Å². The topological polar surface area (TPSA) is 64.8 Å². The highest BCUT2D eigenvalue weighted by atomic mass is 16.5. The van der Waals surface area contributed by atoms with Crippen molar-refractivity contribution in [2.24, 2.45) is 5.73 Å². The van der Waals surface area contributed by atoms with E-state index in [9.17, 15) is 4.79 Å². The van der Waals surface area contributed by atoms with Gasteiger partial charge in [-0.3, -0.25) is 9.69 Å². The summed E-state index contributed by atoms with van der Waals surface area (Å²) in [5.74, 6) is -0.115. The molecule has 18 heavy (non-hydrogen) atoms. The first-order valence-electron chi connectivity index (χ1n) is 6.86. The molecular formula is C13H26N2O3. The molecule has 0 aromatic rings. The van der Waals surface area contributed by atoms with Crippen molar-refractivity contribution in [2.45, 2.75) is 44.8 Å². The van der Waals surface area contributed by atoms with Crippen LogP contribution in [0.3, 0.4) is 0 Å². The molecule has 5 heteroatoms. The quantitative estimate of drug-likeness (QED) is 0.683. The minimum atomic E-state index is -0.115. The minimum absolute atomic E-state index is 0.0798. The molecule has 0 saturated carbocycles. The van der Waals surface area contributed by atoms with Crippen molar-refractivity contribution in [3.05, 3.63) is 0 Å². The first-order valence-corrected chi connectivity index (χ1v) is 6.86. The lowest BCUT2D eigenvalue weighted by molar-refractivity contribution is -0.148. The van der Waals surface area contributed by atoms with E-state index in [1.54, 1.807) is 0 Å². The molecule has 106 valence electrons. The molecule has 2 atom stereocenters. The summed E-state index contributed by atoms with van der Waals surface area (Å²) >= 11 is 0. The normalized spacial score (nSPS) is 22.7. The van der Waals surface area contributed by atoms with Gasteiger partial charge in [0.2, 0.25) is 0 Å². The second-order valence-electron chi connectivity index (χ2n) is 4.67. The average molecular weight is 258 g/mol. The minimum Gasteiger partial charge on any atom is -0.468 e. The smallest absolute Gasteiger partial charge is 0.323 e. The van der Waals surface area contributed by atoms with Crippen molar-refractivity contribution < 1.29 is 14.3 Å². The van der Waals surface area contributed by atoms with Crippen molar-refractivity contribution in [1.82, 2.24) is 4.90 Å². The molecular weight excluding hydrogens is 232 g/mol. The number of carbonyl (C=O) groups is 1. The molecule has 5 nitrogen and oxygen atoms in total. The van der Waals surface area contributed by atoms with E-state index >= 15 is 0 Å². The van der Waals surface area contributed by atoms with Gasteiger partial charge in [-0.15, -0.1) is 0 Å². The summed E-state index contributed by atoms with van der Waals surface area (Å²) in [5, 5.41) is 0. The molecule has 0 aromatic heterocycles. The van der Waals surface area contributed by atoms with Crippen LogP contribution in [-0.2, 0) is 14.3 Å². The highest BCUT2D eigenvalue weighted by molar-refractivity contribution is 5.75. The SMILES string of the molecule is CCOC(CN)CCN1CCCCC1C(=O)OC. The molecule has 1 fully saturated rings. The third-order valence-corrected chi connectivity index (χ3v) is 3.49. The van der Waals surface area contributed by atoms with Gasteiger partial charge >= 0.3 is 5.97 Å². The molecule has 0 bridgehead atoms. The van der Waals surface area contributed by atoms with Crippen LogP contribution in [0.5, 0.6) is 0 Å². The Balaban J connectivity index is 2.43. The van der Waals surface area contributed by atoms with Crippen molar-refractivity contribution in [1.29, 1.82) is 0 Å². The standard InChI is InChI=1S/C13H26N2O3/c1-3-18-11(10-14)7-9-15-8-5-4-6-12(15)13(16)17-2/h11-12H,3-10,14H2,1-2H3. The molecule has 1 aliphatic heterocycles. The van der Waals surface area contributed by atoms with Gasteiger partial charge in [-0.2, -0.15) is 0 Å². The summed E-state index contributed by atoms with van der Waals surface area (Å²) < 4.78 is 10.4. The van der Waals surface area contributed by atoms with Crippen molar-refractivity contribution in [3.8, 4) is 0 Å². The molecule has 0 radical (unpaired) electrons. The van der Waals surface area contributed by atoms with Crippen LogP contribution >= 0.6 is 0 Å². The molecule has 0 aromatic carbocycles. The van der Waals surface area contributed by atoms with Crippen LogP contribution in [0.2, 0.25) is 0 Å². The van der Waals surface area contributed by atoms with Crippen LogP contribution in [0.25, 0.3) is 0 Å². The lowest BCUT2D eigenvalue weighted by atomic mass is 10.0. The van der Waals surface area contributed by atoms with Gasteiger partial charge in [0.25, 0.3) is 0 Å². The fourth-order valence-electron chi connectivity index (χ4n) is 2.48. The van der Waals surface area contributed by atoms with Gasteiger partial charge in [-0.25, -0.2) is 0 Å². The maximum atomic E-state index is 11.7. The van der Waals surface area contributed by atoms with E-state index in [1.165, 1.54) is 7.11 Å². The highest BCUT2D eigenvalue weighted by Crippen LogP contribution is 2.18. The summed E-state index contributed by atoms with van der Waals surface area (Å²) in [6, 6.07) is -0.0798. The van der Waals surface area contributed by atoms with Crippen molar-refractivity contribution in [2.75, 3.05) is 33.4 Å². The second kappa shape index (κ2) is 8.45. The molecule has 1 rings (SSSR count). The van der Waals surface area contributed by atoms with Gasteiger partial charge in [0.15, 0.2) is 0 Å². The molecule has 0 amide bonds. The Hall–Kier alpha value is -0.650. The largest absolute Gasteiger partial charge is 0.468 e. The number of piperidine rings is 1. The summed E-state index contributed by atoms with van der Waals surface area (Å²) in [6.07, 6.45) is 4.11. The average Bonchev–Trinajstić information content (AvgIpc) is 2.43. The number of carbonyl (C=O) groups excluding carboxylic acids is 1. The van der Waals surface area contributed by atoms with Crippen LogP contribution in [0.1, 0.15) is 32.6 Å². The van der Waals surface area contributed by atoms with Crippen LogP contribution in [0, 0.1) is 0 Å². The number of methoxy groups -OCH3 is 1. The Morgan fingerprint density at radius 1 is 1.50 bits per heavy atom. The van der Waals surface area contributed by atoms with Crippen LogP contribution in [0.4, 0.5) is 0 Å². The fourth-order valence-corrected chi connectivity index (χ4v) is 2.48. The summed E-state index contributed by atoms with van der Waals surface area (Å²) in [4.78, 5) is 13.9. The molecule has 0 spiro atoms. The predicted octanol–water partition coefficient (Wildman–Crippen LogP) is 0.768. The molecule has 0 aliphatic carbocycles. The van der Waals surface area contributed by atoms with E-state index in [0.717, 1.165) is 38.8 Å². The Morgan fingerprint density at radius 3 is 2.89 bits per heavy atom. The lowest BCUT2D eigenvalue weighted by Gasteiger charge is -2.34. The molecule has 2 unspecified atom stereocenters. The Kier molecular flexibility index (Phi) is 7.23. The summed E-state index contributed by atoms with van der Waals surface area (Å²) in [6.45, 7) is 5.00. The number of hydrogen-bond acceptors (Lipinski definition) is 5. The Labute approximate surface area is 110 Å². The number of ether oxygens (including phenoxy) is 2. The number of rotatable bonds is 7. The molecule has 1 aliphatic rings. The Morgan fingerprint density at radius 2 is 2.28 bits per heavy atom. The molecule has 2 N–H and O–H groups in total. The third kappa shape index (κ3) is 4.55. The fraction of sp³-hybridized carbons (Fsp3) is 0.923. The lowest BCUT2D eigenvalue weighted by Crippen LogP contribution is -2.46. The van der Waals surface area contributed by atoms with Crippen LogP contribution < -0.4 is 5.73 Å². The monoisotopic (exact) mass is 258 g/mol. The van der Waals surface area contributed by atoms with E-state index in [0.29, 0.717) is 13.2 Å². The van der Waals surface area contributed by atoms with Crippen LogP contribution in [-0.4, -0.2) is 56.4 Å². The van der Waals surface area contributed by atoms with E-state index in [2.05, 4.69) is 4.90 Å². The third-order valence-electron chi connectivity index (χ3n) is 3.49. The maximum Gasteiger partial charge on any atom is 0.323 e. The van der Waals surface area contributed by atoms with E-state index in [4.69, 9.17) is 15.2 Å². The number of hydrogen-bond donors (Lipinski definition) is 1. The first-order chi connectivity index (χ1) is 8.72. The van der Waals surface area contributed by atoms with E-state index in [-0.39, 0.29) is 18.1 Å². The number of nitrogens with zero attached hydrogens (tertiary/aromatic N) is 1. The highest BCUT2D eigenvalue weighted by Gasteiger charge is 2.29. The van der Waals surface area contributed by atoms with Crippen molar-refractivity contribution in [3.63, 3.8) is 0 Å². The summed E-state index contributed by atoms with van der Waals surface area (Å²) in [7, 11) is 1.46. The second-order valence-corrected chi connectivity index (χ2v) is 4.67. The van der Waals surface area contributed by atoms with E-state index in [1.807, 2.05) is 6.92 Å². The molecule has 1 saturated heterocycles. The maximum absolute atomic E-state index is 11.7. The van der Waals surface area contributed by atoms with Gasteiger partial charge in [0, 0.05) is 19.7 Å². The van der Waals surface area contributed by atoms with Crippen LogP contribution in [0.15, 0.2) is 0 Å². The van der Waals surface area contributed by atoms with E-state index < -0.39 is 0 Å². The number of likely N-dealkylation sites (tertiary alicyclic amines) is 1. The van der Waals surface area contributed by atoms with Gasteiger partial charge in [-0.05, 0) is 32.7 Å². The molecule has 1 heterocycles. The predicted molar refractivity (Wildman–Crippen MR) is 70.3 cm³/mol. The first kappa shape index (κ1) is 15.4. The Bertz CT molecular complexity index is 248. The zero-order valence-corrected chi connectivity index (χ0v) is 11.6. The van der Waals surface area contributed by atoms with Crippen molar-refractivity contribution >= 4 is 5.97 Å². The zero-order chi connectivity index (χ0) is 13.4. The summed E-state index contributed by atoms with van der Waals surface area (Å²) in [5.41, 5.74) is 5.66. The number of esters is 1. The van der Waals surface area contributed by atoms with Gasteiger partial charge in [0.05, 0.1) is 13.2 Å².